The number of carbonyl (C=O) groups excluding carboxylic acids is 3. The Morgan fingerprint density at radius 2 is 1.36 bits per heavy atom. The number of carbonyl (C=O) groups is 3. The third-order valence-corrected chi connectivity index (χ3v) is 11.8. The van der Waals surface area contributed by atoms with Gasteiger partial charge in [0.25, 0.3) is 11.8 Å². The summed E-state index contributed by atoms with van der Waals surface area (Å²) < 4.78 is 93.9. The van der Waals surface area contributed by atoms with E-state index in [0.717, 1.165) is 22.7 Å². The van der Waals surface area contributed by atoms with E-state index in [1.54, 1.807) is 21.9 Å². The third kappa shape index (κ3) is 8.01. The van der Waals surface area contributed by atoms with Gasteiger partial charge in [-0.2, -0.15) is 26.3 Å². The molecule has 0 aliphatic carbocycles. The van der Waals surface area contributed by atoms with Gasteiger partial charge in [0.1, 0.15) is 11.4 Å². The molecule has 1 unspecified atom stereocenters. The standard InChI is InChI=1S/C34H35F6N5O6S2/c1-17-26(41-50-28(17)33(35,36)37)22-7-9-24(52-22)30(46)44-12-5-6-20(15-44)32(48)49-13-11-19-14-45(16-21(19)43(3)4)31(47)25-10-8-23(53-25)27-18(2)29(51-42-27)34(38,39)40/h7-10,19-21H,5-6,11-16H2,1-4H3/t19?,20-,21+/m0/s1. The number of hydrogen-bond donors (Lipinski definition) is 0. The average Bonchev–Trinajstić information content (AvgIpc) is 3.93. The van der Waals surface area contributed by atoms with Crippen molar-refractivity contribution in [2.24, 2.45) is 11.8 Å². The number of alkyl halides is 6. The van der Waals surface area contributed by atoms with Crippen LogP contribution in [0.5, 0.6) is 0 Å². The molecule has 6 rings (SSSR count). The van der Waals surface area contributed by atoms with Crippen molar-refractivity contribution in [1.29, 1.82) is 0 Å². The molecule has 11 nitrogen and oxygen atoms in total. The molecule has 4 aromatic rings. The molecular weight excluding hydrogens is 753 g/mol. The Balaban J connectivity index is 1.02. The van der Waals surface area contributed by atoms with Gasteiger partial charge in [-0.1, -0.05) is 10.3 Å². The summed E-state index contributed by atoms with van der Waals surface area (Å²) in [5, 5.41) is 7.15. The number of nitrogens with zero attached hydrogens (tertiary/aromatic N) is 5. The van der Waals surface area contributed by atoms with Crippen LogP contribution in [-0.4, -0.2) is 95.7 Å². The zero-order valence-electron chi connectivity index (χ0n) is 29.0. The third-order valence-electron chi connectivity index (χ3n) is 9.60. The second kappa shape index (κ2) is 14.9. The quantitative estimate of drug-likeness (QED) is 0.127. The molecule has 0 bridgehead atoms. The van der Waals surface area contributed by atoms with Crippen LogP contribution in [0.25, 0.3) is 21.1 Å². The van der Waals surface area contributed by atoms with Gasteiger partial charge in [-0.15, -0.1) is 22.7 Å². The topological polar surface area (TPSA) is 122 Å². The van der Waals surface area contributed by atoms with Crippen LogP contribution in [0.2, 0.25) is 0 Å². The smallest absolute Gasteiger partial charge is 0.452 e. The van der Waals surface area contributed by atoms with Gasteiger partial charge in [-0.3, -0.25) is 14.4 Å². The van der Waals surface area contributed by atoms with E-state index >= 15 is 0 Å². The number of piperidine rings is 1. The molecule has 2 amide bonds. The van der Waals surface area contributed by atoms with Gasteiger partial charge in [0.2, 0.25) is 11.5 Å². The molecule has 0 radical (unpaired) electrons. The van der Waals surface area contributed by atoms with Crippen LogP contribution in [0.1, 0.15) is 61.3 Å². The van der Waals surface area contributed by atoms with Gasteiger partial charge in [0, 0.05) is 43.3 Å². The summed E-state index contributed by atoms with van der Waals surface area (Å²) in [6.07, 6.45) is -7.82. The van der Waals surface area contributed by atoms with E-state index in [2.05, 4.69) is 19.4 Å². The number of hydrogen-bond acceptors (Lipinski definition) is 11. The molecule has 286 valence electrons. The van der Waals surface area contributed by atoms with E-state index in [4.69, 9.17) is 4.74 Å². The van der Waals surface area contributed by atoms with Gasteiger partial charge in [0.15, 0.2) is 0 Å². The number of thiophene rings is 2. The lowest BCUT2D eigenvalue weighted by Gasteiger charge is -2.31. The number of likely N-dealkylation sites (N-methyl/N-ethyl adjacent to an activating group) is 1. The van der Waals surface area contributed by atoms with Gasteiger partial charge in [-0.25, -0.2) is 0 Å². The van der Waals surface area contributed by atoms with E-state index in [0.29, 0.717) is 58.4 Å². The Bertz CT molecular complexity index is 1980. The molecule has 19 heteroatoms. The summed E-state index contributed by atoms with van der Waals surface area (Å²) >= 11 is 2.03. The minimum Gasteiger partial charge on any atom is -0.465 e. The van der Waals surface area contributed by atoms with Crippen LogP contribution in [-0.2, 0) is 21.9 Å². The van der Waals surface area contributed by atoms with Crippen molar-refractivity contribution in [1.82, 2.24) is 25.0 Å². The number of amides is 2. The molecular formula is C34H35F6N5O6S2. The predicted molar refractivity (Wildman–Crippen MR) is 180 cm³/mol. The van der Waals surface area contributed by atoms with Crippen molar-refractivity contribution < 1.29 is 54.5 Å². The summed E-state index contributed by atoms with van der Waals surface area (Å²) in [7, 11) is 3.78. The first-order valence-corrected chi connectivity index (χ1v) is 18.3. The van der Waals surface area contributed by atoms with Gasteiger partial charge in [-0.05, 0) is 77.4 Å². The molecule has 2 fully saturated rings. The van der Waals surface area contributed by atoms with E-state index in [1.165, 1.54) is 26.0 Å². The maximum atomic E-state index is 13.5. The first kappa shape index (κ1) is 38.5. The van der Waals surface area contributed by atoms with Crippen LogP contribution >= 0.6 is 22.7 Å². The minimum atomic E-state index is -4.69. The highest BCUT2D eigenvalue weighted by molar-refractivity contribution is 7.17. The number of aromatic nitrogens is 2. The monoisotopic (exact) mass is 787 g/mol. The Kier molecular flexibility index (Phi) is 10.8. The van der Waals surface area contributed by atoms with Crippen molar-refractivity contribution >= 4 is 40.5 Å². The number of esters is 1. The van der Waals surface area contributed by atoms with Crippen LogP contribution < -0.4 is 0 Å². The fourth-order valence-electron chi connectivity index (χ4n) is 6.80. The molecule has 0 spiro atoms. The first-order chi connectivity index (χ1) is 24.9. The summed E-state index contributed by atoms with van der Waals surface area (Å²) in [5.41, 5.74) is -0.281. The zero-order chi connectivity index (χ0) is 38.4. The Morgan fingerprint density at radius 3 is 1.85 bits per heavy atom. The molecule has 3 atom stereocenters. The number of likely N-dealkylation sites (tertiary alicyclic amines) is 2. The normalized spacial score (nSPS) is 19.7. The van der Waals surface area contributed by atoms with Crippen LogP contribution in [0.15, 0.2) is 33.3 Å². The van der Waals surface area contributed by atoms with Crippen molar-refractivity contribution in [3.63, 3.8) is 0 Å². The lowest BCUT2D eigenvalue weighted by atomic mass is 9.97. The van der Waals surface area contributed by atoms with Crippen molar-refractivity contribution in [2.75, 3.05) is 46.9 Å². The highest BCUT2D eigenvalue weighted by atomic mass is 32.1. The number of rotatable bonds is 9. The van der Waals surface area contributed by atoms with Gasteiger partial charge >= 0.3 is 18.3 Å². The second-order valence-corrected chi connectivity index (χ2v) is 15.5. The second-order valence-electron chi connectivity index (χ2n) is 13.3. The lowest BCUT2D eigenvalue weighted by molar-refractivity contribution is -0.156. The lowest BCUT2D eigenvalue weighted by Crippen LogP contribution is -2.42. The predicted octanol–water partition coefficient (Wildman–Crippen LogP) is 7.26. The minimum absolute atomic E-state index is 0.0115. The Morgan fingerprint density at radius 1 is 0.830 bits per heavy atom. The largest absolute Gasteiger partial charge is 0.465 e. The summed E-state index contributed by atoms with van der Waals surface area (Å²) in [6, 6.07) is 6.11. The van der Waals surface area contributed by atoms with Crippen LogP contribution in [0.4, 0.5) is 26.3 Å². The maximum absolute atomic E-state index is 13.5. The van der Waals surface area contributed by atoms with Gasteiger partial charge < -0.3 is 28.5 Å². The molecule has 53 heavy (non-hydrogen) atoms. The Hall–Kier alpha value is -4.23. The molecule has 4 aromatic heterocycles. The SMILES string of the molecule is Cc1c(-c2ccc(C(=O)N3CCC[C@H](C(=O)OCCC4CN(C(=O)c5ccc(-c6noc(C(F)(F)F)c6C)s5)C[C@H]4N(C)C)C3)s2)noc1C(F)(F)F. The van der Waals surface area contributed by atoms with E-state index in [-0.39, 0.29) is 59.4 Å². The van der Waals surface area contributed by atoms with Crippen molar-refractivity contribution in [3.05, 3.63) is 56.7 Å². The molecule has 6 heterocycles. The Labute approximate surface area is 307 Å². The molecule has 0 saturated carbocycles. The van der Waals surface area contributed by atoms with Crippen molar-refractivity contribution in [2.45, 2.75) is 51.5 Å². The molecule has 2 saturated heterocycles. The number of halogens is 6. The van der Waals surface area contributed by atoms with E-state index in [9.17, 15) is 40.7 Å². The summed E-state index contributed by atoms with van der Waals surface area (Å²) in [4.78, 5) is 46.6. The van der Waals surface area contributed by atoms with Crippen LogP contribution in [0, 0.1) is 25.7 Å². The summed E-state index contributed by atoms with van der Waals surface area (Å²) in [6.45, 7) is 3.95. The van der Waals surface area contributed by atoms with Crippen molar-refractivity contribution in [3.8, 4) is 21.1 Å². The number of ether oxygens (including phenoxy) is 1. The maximum Gasteiger partial charge on any atom is 0.452 e. The highest BCUT2D eigenvalue weighted by Gasteiger charge is 2.41. The summed E-state index contributed by atoms with van der Waals surface area (Å²) in [5.74, 6) is -4.02. The fourth-order valence-corrected chi connectivity index (χ4v) is 8.83. The molecule has 2 aliphatic heterocycles. The molecule has 0 aromatic carbocycles. The van der Waals surface area contributed by atoms with E-state index in [1.807, 2.05) is 19.0 Å². The molecule has 0 N–H and O–H groups in total. The van der Waals surface area contributed by atoms with Gasteiger partial charge in [0.05, 0.1) is 32.0 Å². The zero-order valence-corrected chi connectivity index (χ0v) is 30.6. The molecule has 2 aliphatic rings. The highest BCUT2D eigenvalue weighted by Crippen LogP contribution is 2.40. The van der Waals surface area contributed by atoms with E-state index < -0.39 is 35.8 Å². The fraction of sp³-hybridized carbons (Fsp3) is 0.500. The average molecular weight is 788 g/mol. The van der Waals surface area contributed by atoms with Crippen LogP contribution in [0.3, 0.4) is 0 Å². The first-order valence-electron chi connectivity index (χ1n) is 16.6.